The summed E-state index contributed by atoms with van der Waals surface area (Å²) in [4.78, 5) is 13.0. The van der Waals surface area contributed by atoms with Gasteiger partial charge in [-0.05, 0) is 29.2 Å². The SMILES string of the molecule is CC(C)c1ccc(CC(=O)Sc2ccccc2)cc1. The summed E-state index contributed by atoms with van der Waals surface area (Å²) in [5.74, 6) is 0.531. The zero-order valence-corrected chi connectivity index (χ0v) is 12.1. The molecule has 0 unspecified atom stereocenters. The minimum atomic E-state index is 0.184. The molecule has 0 N–H and O–H groups in total. The number of hydrogen-bond acceptors (Lipinski definition) is 2. The fourth-order valence-electron chi connectivity index (χ4n) is 1.84. The first-order valence-corrected chi connectivity index (χ1v) is 7.31. The van der Waals surface area contributed by atoms with Crippen LogP contribution in [0.15, 0.2) is 59.5 Å². The summed E-state index contributed by atoms with van der Waals surface area (Å²) < 4.78 is 0. The van der Waals surface area contributed by atoms with E-state index in [1.165, 1.54) is 17.3 Å². The summed E-state index contributed by atoms with van der Waals surface area (Å²) in [6.07, 6.45) is 0.484. The van der Waals surface area contributed by atoms with Gasteiger partial charge in [0.15, 0.2) is 5.12 Å². The molecule has 0 aliphatic rings. The van der Waals surface area contributed by atoms with Crippen LogP contribution >= 0.6 is 11.8 Å². The van der Waals surface area contributed by atoms with E-state index in [9.17, 15) is 4.79 Å². The Morgan fingerprint density at radius 2 is 1.63 bits per heavy atom. The van der Waals surface area contributed by atoms with Crippen molar-refractivity contribution in [2.45, 2.75) is 31.1 Å². The molecule has 2 rings (SSSR count). The number of rotatable bonds is 4. The summed E-state index contributed by atoms with van der Waals surface area (Å²) in [5, 5.41) is 0.184. The first-order valence-electron chi connectivity index (χ1n) is 6.49. The number of benzene rings is 2. The second-order valence-electron chi connectivity index (χ2n) is 4.86. The van der Waals surface area contributed by atoms with E-state index in [-0.39, 0.29) is 5.12 Å². The quantitative estimate of drug-likeness (QED) is 0.751. The topological polar surface area (TPSA) is 17.1 Å². The molecule has 2 aromatic carbocycles. The predicted molar refractivity (Wildman–Crippen MR) is 81.5 cm³/mol. The highest BCUT2D eigenvalue weighted by atomic mass is 32.2. The number of carbonyl (C=O) groups excluding carboxylic acids is 1. The molecular weight excluding hydrogens is 252 g/mol. The van der Waals surface area contributed by atoms with Gasteiger partial charge in [-0.25, -0.2) is 0 Å². The third kappa shape index (κ3) is 4.25. The van der Waals surface area contributed by atoms with Crippen LogP contribution in [0.4, 0.5) is 0 Å². The summed E-state index contributed by atoms with van der Waals surface area (Å²) in [7, 11) is 0. The molecule has 0 saturated carbocycles. The van der Waals surface area contributed by atoms with E-state index < -0.39 is 0 Å². The first-order chi connectivity index (χ1) is 9.15. The number of hydrogen-bond donors (Lipinski definition) is 0. The fraction of sp³-hybridized carbons (Fsp3) is 0.235. The van der Waals surface area contributed by atoms with Gasteiger partial charge in [-0.15, -0.1) is 0 Å². The molecule has 0 amide bonds. The Balaban J connectivity index is 1.95. The van der Waals surface area contributed by atoms with Crippen LogP contribution < -0.4 is 0 Å². The molecule has 0 saturated heterocycles. The van der Waals surface area contributed by atoms with Gasteiger partial charge in [-0.2, -0.15) is 0 Å². The Labute approximate surface area is 119 Å². The largest absolute Gasteiger partial charge is 0.286 e. The van der Waals surface area contributed by atoms with Gasteiger partial charge in [0, 0.05) is 11.3 Å². The van der Waals surface area contributed by atoms with Crippen LogP contribution in [-0.2, 0) is 11.2 Å². The third-order valence-electron chi connectivity index (χ3n) is 2.97. The molecule has 2 heteroatoms. The second kappa shape index (κ2) is 6.58. The van der Waals surface area contributed by atoms with Crippen molar-refractivity contribution in [1.29, 1.82) is 0 Å². The van der Waals surface area contributed by atoms with Crippen molar-refractivity contribution in [1.82, 2.24) is 0 Å². The average Bonchev–Trinajstić information content (AvgIpc) is 2.40. The van der Waals surface area contributed by atoms with Crippen LogP contribution in [-0.4, -0.2) is 5.12 Å². The van der Waals surface area contributed by atoms with E-state index in [2.05, 4.69) is 38.1 Å². The van der Waals surface area contributed by atoms with Gasteiger partial charge in [0.25, 0.3) is 0 Å². The lowest BCUT2D eigenvalue weighted by atomic mass is 10.0. The van der Waals surface area contributed by atoms with Gasteiger partial charge in [0.2, 0.25) is 0 Å². The van der Waals surface area contributed by atoms with Crippen LogP contribution in [0, 0.1) is 0 Å². The Hall–Kier alpha value is -1.54. The van der Waals surface area contributed by atoms with Crippen LogP contribution in [0.5, 0.6) is 0 Å². The van der Waals surface area contributed by atoms with Crippen molar-refractivity contribution in [3.63, 3.8) is 0 Å². The third-order valence-corrected chi connectivity index (χ3v) is 3.85. The molecule has 0 bridgehead atoms. The highest BCUT2D eigenvalue weighted by molar-refractivity contribution is 8.13. The predicted octanol–water partition coefficient (Wildman–Crippen LogP) is 4.67. The van der Waals surface area contributed by atoms with E-state index in [4.69, 9.17) is 0 Å². The minimum absolute atomic E-state index is 0.184. The molecule has 0 radical (unpaired) electrons. The lowest BCUT2D eigenvalue weighted by Crippen LogP contribution is -1.98. The molecule has 1 nitrogen and oxygen atoms in total. The first kappa shape index (κ1) is 13.9. The lowest BCUT2D eigenvalue weighted by Gasteiger charge is -2.06. The van der Waals surface area contributed by atoms with Gasteiger partial charge < -0.3 is 0 Å². The molecule has 0 spiro atoms. The zero-order valence-electron chi connectivity index (χ0n) is 11.3. The zero-order chi connectivity index (χ0) is 13.7. The molecule has 0 aliphatic carbocycles. The van der Waals surface area contributed by atoms with Crippen LogP contribution in [0.2, 0.25) is 0 Å². The van der Waals surface area contributed by atoms with Gasteiger partial charge in [0.05, 0.1) is 0 Å². The molecule has 0 aromatic heterocycles. The van der Waals surface area contributed by atoms with Crippen LogP contribution in [0.1, 0.15) is 30.9 Å². The maximum absolute atomic E-state index is 12.0. The standard InChI is InChI=1S/C17H18OS/c1-13(2)15-10-8-14(9-11-15)12-17(18)19-16-6-4-3-5-7-16/h3-11,13H,12H2,1-2H3. The van der Waals surface area contributed by atoms with Crippen molar-refractivity contribution in [3.8, 4) is 0 Å². The smallest absolute Gasteiger partial charge is 0.198 e. The monoisotopic (exact) mass is 270 g/mol. The molecule has 98 valence electrons. The van der Waals surface area contributed by atoms with E-state index in [1.807, 2.05) is 30.3 Å². The van der Waals surface area contributed by atoms with Gasteiger partial charge in [-0.3, -0.25) is 4.79 Å². The minimum Gasteiger partial charge on any atom is -0.286 e. The molecule has 19 heavy (non-hydrogen) atoms. The van der Waals surface area contributed by atoms with Crippen molar-refractivity contribution >= 4 is 16.9 Å². The Bertz CT molecular complexity index is 529. The average molecular weight is 270 g/mol. The Morgan fingerprint density at radius 1 is 1.00 bits per heavy atom. The summed E-state index contributed by atoms with van der Waals surface area (Å²) >= 11 is 1.31. The highest BCUT2D eigenvalue weighted by Crippen LogP contribution is 2.21. The van der Waals surface area contributed by atoms with E-state index in [0.717, 1.165) is 10.5 Å². The maximum Gasteiger partial charge on any atom is 0.198 e. The molecule has 0 heterocycles. The van der Waals surface area contributed by atoms with E-state index in [0.29, 0.717) is 12.3 Å². The molecular formula is C17H18OS. The Kier molecular flexibility index (Phi) is 4.80. The molecule has 0 atom stereocenters. The van der Waals surface area contributed by atoms with E-state index >= 15 is 0 Å². The van der Waals surface area contributed by atoms with Crippen molar-refractivity contribution in [2.24, 2.45) is 0 Å². The van der Waals surface area contributed by atoms with Crippen molar-refractivity contribution < 1.29 is 4.79 Å². The van der Waals surface area contributed by atoms with Crippen molar-refractivity contribution in [3.05, 3.63) is 65.7 Å². The highest BCUT2D eigenvalue weighted by Gasteiger charge is 2.06. The molecule has 2 aromatic rings. The van der Waals surface area contributed by atoms with E-state index in [1.54, 1.807) is 0 Å². The van der Waals surface area contributed by atoms with Crippen LogP contribution in [0.3, 0.4) is 0 Å². The van der Waals surface area contributed by atoms with Crippen molar-refractivity contribution in [2.75, 3.05) is 0 Å². The summed E-state index contributed by atoms with van der Waals surface area (Å²) in [6, 6.07) is 18.1. The summed E-state index contributed by atoms with van der Waals surface area (Å²) in [6.45, 7) is 4.34. The maximum atomic E-state index is 12.0. The lowest BCUT2D eigenvalue weighted by molar-refractivity contribution is -0.110. The fourth-order valence-corrected chi connectivity index (χ4v) is 2.64. The van der Waals surface area contributed by atoms with Gasteiger partial charge >= 0.3 is 0 Å². The second-order valence-corrected chi connectivity index (χ2v) is 5.99. The number of thioether (sulfide) groups is 1. The number of carbonyl (C=O) groups is 1. The summed E-state index contributed by atoms with van der Waals surface area (Å²) in [5.41, 5.74) is 2.39. The van der Waals surface area contributed by atoms with Crippen LogP contribution in [0.25, 0.3) is 0 Å². The Morgan fingerprint density at radius 3 is 2.21 bits per heavy atom. The molecule has 0 aliphatic heterocycles. The normalized spacial score (nSPS) is 10.7. The van der Waals surface area contributed by atoms with Gasteiger partial charge in [-0.1, -0.05) is 68.1 Å². The molecule has 0 fully saturated rings. The van der Waals surface area contributed by atoms with Gasteiger partial charge in [0.1, 0.15) is 0 Å².